The summed E-state index contributed by atoms with van der Waals surface area (Å²) in [5.74, 6) is -0.603. The number of hydrogen-bond donors (Lipinski definition) is 2. The minimum absolute atomic E-state index is 0. The van der Waals surface area contributed by atoms with Gasteiger partial charge in [-0.25, -0.2) is 4.79 Å². The fourth-order valence-corrected chi connectivity index (χ4v) is 3.34. The van der Waals surface area contributed by atoms with Crippen molar-refractivity contribution < 1.29 is 14.1 Å². The predicted octanol–water partition coefficient (Wildman–Crippen LogP) is 1.96. The van der Waals surface area contributed by atoms with E-state index in [4.69, 9.17) is 4.42 Å². The van der Waals surface area contributed by atoms with Gasteiger partial charge in [-0.3, -0.25) is 19.5 Å². The molecule has 2 heterocycles. The standard InChI is InChI=1S/C17H22N4O5.ClH/c1-11-9-12(6-7-18-11)19-16(22)3-2-8-20-14-5-4-13(21(24)25)10-15(14)26-17(20)23;/h4-5,10-12,18H,2-3,6-9H2,1H3,(H,19,22);1H. The Bertz CT molecular complexity index is 878. The summed E-state index contributed by atoms with van der Waals surface area (Å²) >= 11 is 0. The molecule has 1 fully saturated rings. The van der Waals surface area contributed by atoms with Crippen LogP contribution in [0.3, 0.4) is 0 Å². The lowest BCUT2D eigenvalue weighted by atomic mass is 10.0. The van der Waals surface area contributed by atoms with Gasteiger partial charge in [0.1, 0.15) is 0 Å². The normalized spacial score (nSPS) is 19.4. The van der Waals surface area contributed by atoms with E-state index in [1.54, 1.807) is 0 Å². The highest BCUT2D eigenvalue weighted by Crippen LogP contribution is 2.20. The third kappa shape index (κ3) is 5.08. The maximum absolute atomic E-state index is 12.1. The van der Waals surface area contributed by atoms with Crippen LogP contribution in [-0.4, -0.2) is 34.0 Å². The summed E-state index contributed by atoms with van der Waals surface area (Å²) in [5.41, 5.74) is 0.541. The summed E-state index contributed by atoms with van der Waals surface area (Å²) in [4.78, 5) is 34.3. The van der Waals surface area contributed by atoms with Gasteiger partial charge in [0, 0.05) is 31.1 Å². The summed E-state index contributed by atoms with van der Waals surface area (Å²) < 4.78 is 6.48. The highest BCUT2D eigenvalue weighted by Gasteiger charge is 2.20. The van der Waals surface area contributed by atoms with E-state index < -0.39 is 10.7 Å². The molecule has 0 radical (unpaired) electrons. The van der Waals surface area contributed by atoms with Gasteiger partial charge < -0.3 is 15.1 Å². The molecule has 27 heavy (non-hydrogen) atoms. The van der Waals surface area contributed by atoms with Gasteiger partial charge in [-0.15, -0.1) is 12.4 Å². The summed E-state index contributed by atoms with van der Waals surface area (Å²) in [5, 5.41) is 17.2. The zero-order chi connectivity index (χ0) is 18.7. The van der Waals surface area contributed by atoms with Gasteiger partial charge in [-0.2, -0.15) is 0 Å². The molecule has 1 aromatic carbocycles. The number of hydrogen-bond acceptors (Lipinski definition) is 6. The number of benzene rings is 1. The van der Waals surface area contributed by atoms with Gasteiger partial charge in [0.25, 0.3) is 5.69 Å². The third-order valence-electron chi connectivity index (χ3n) is 4.64. The van der Waals surface area contributed by atoms with E-state index in [2.05, 4.69) is 17.6 Å². The number of aromatic nitrogens is 1. The minimum Gasteiger partial charge on any atom is -0.407 e. The zero-order valence-electron chi connectivity index (χ0n) is 15.0. The lowest BCUT2D eigenvalue weighted by molar-refractivity contribution is -0.384. The highest BCUT2D eigenvalue weighted by molar-refractivity contribution is 5.85. The molecular formula is C17H23ClN4O5. The van der Waals surface area contributed by atoms with Gasteiger partial charge in [0.15, 0.2) is 5.58 Å². The number of non-ortho nitro benzene ring substituents is 1. The number of carbonyl (C=O) groups is 1. The fraction of sp³-hybridized carbons (Fsp3) is 0.529. The van der Waals surface area contributed by atoms with Gasteiger partial charge in [0.05, 0.1) is 16.5 Å². The molecule has 0 spiro atoms. The topological polar surface area (TPSA) is 119 Å². The Morgan fingerprint density at radius 2 is 2.26 bits per heavy atom. The van der Waals surface area contributed by atoms with Crippen molar-refractivity contribution in [3.63, 3.8) is 0 Å². The van der Waals surface area contributed by atoms with E-state index >= 15 is 0 Å². The number of aryl methyl sites for hydroxylation is 1. The van der Waals surface area contributed by atoms with E-state index in [1.807, 2.05) is 0 Å². The molecule has 1 aliphatic rings. The molecule has 148 valence electrons. The highest BCUT2D eigenvalue weighted by atomic mass is 35.5. The van der Waals surface area contributed by atoms with E-state index in [0.717, 1.165) is 19.4 Å². The number of nitro benzene ring substituents is 1. The Morgan fingerprint density at radius 1 is 1.48 bits per heavy atom. The van der Waals surface area contributed by atoms with Crippen LogP contribution >= 0.6 is 12.4 Å². The van der Waals surface area contributed by atoms with Crippen LogP contribution in [0.2, 0.25) is 0 Å². The van der Waals surface area contributed by atoms with Crippen molar-refractivity contribution in [1.82, 2.24) is 15.2 Å². The summed E-state index contributed by atoms with van der Waals surface area (Å²) in [6.07, 6.45) is 2.62. The van der Waals surface area contributed by atoms with Crippen molar-refractivity contribution in [2.45, 2.75) is 51.2 Å². The first kappa shape index (κ1) is 20.9. The largest absolute Gasteiger partial charge is 0.419 e. The molecule has 0 bridgehead atoms. The second-order valence-electron chi connectivity index (χ2n) is 6.68. The molecule has 1 aliphatic heterocycles. The monoisotopic (exact) mass is 398 g/mol. The lowest BCUT2D eigenvalue weighted by Crippen LogP contribution is -2.46. The molecule has 9 nitrogen and oxygen atoms in total. The van der Waals surface area contributed by atoms with Crippen molar-refractivity contribution in [3.05, 3.63) is 38.9 Å². The number of nitrogens with one attached hydrogen (secondary N) is 2. The van der Waals surface area contributed by atoms with Crippen molar-refractivity contribution >= 4 is 35.1 Å². The van der Waals surface area contributed by atoms with E-state index in [0.29, 0.717) is 30.9 Å². The maximum atomic E-state index is 12.1. The van der Waals surface area contributed by atoms with Crippen molar-refractivity contribution in [2.24, 2.45) is 0 Å². The van der Waals surface area contributed by atoms with Gasteiger partial charge in [0.2, 0.25) is 5.91 Å². The minimum atomic E-state index is -0.576. The Labute approximate surface area is 161 Å². The molecular weight excluding hydrogens is 376 g/mol. The van der Waals surface area contributed by atoms with Crippen molar-refractivity contribution in [2.75, 3.05) is 6.54 Å². The smallest absolute Gasteiger partial charge is 0.407 e. The number of nitro groups is 1. The van der Waals surface area contributed by atoms with Gasteiger partial charge in [-0.05, 0) is 38.8 Å². The van der Waals surface area contributed by atoms with Crippen LogP contribution in [0.5, 0.6) is 0 Å². The first-order chi connectivity index (χ1) is 12.4. The first-order valence-electron chi connectivity index (χ1n) is 8.74. The lowest BCUT2D eigenvalue weighted by Gasteiger charge is -2.28. The van der Waals surface area contributed by atoms with Crippen LogP contribution in [0, 0.1) is 10.1 Å². The molecule has 2 aromatic rings. The summed E-state index contributed by atoms with van der Waals surface area (Å²) in [6.45, 7) is 3.31. The SMILES string of the molecule is CC1CC(NC(=O)CCCn2c(=O)oc3cc([N+](=O)[O-])ccc32)CCN1.Cl. The number of fused-ring (bicyclic) bond motifs is 1. The molecule has 0 saturated carbocycles. The number of oxazole rings is 1. The molecule has 10 heteroatoms. The van der Waals surface area contributed by atoms with Crippen LogP contribution < -0.4 is 16.4 Å². The second kappa shape index (κ2) is 9.01. The number of halogens is 1. The molecule has 2 N–H and O–H groups in total. The number of rotatable bonds is 6. The number of carbonyl (C=O) groups excluding carboxylic acids is 1. The summed E-state index contributed by atoms with van der Waals surface area (Å²) in [6, 6.07) is 4.65. The quantitative estimate of drug-likeness (QED) is 0.567. The molecule has 1 saturated heterocycles. The Morgan fingerprint density at radius 3 is 2.96 bits per heavy atom. The number of nitrogens with zero attached hydrogens (tertiary/aromatic N) is 2. The molecule has 3 rings (SSSR count). The first-order valence-corrected chi connectivity index (χ1v) is 8.74. The van der Waals surface area contributed by atoms with E-state index in [9.17, 15) is 19.7 Å². The van der Waals surface area contributed by atoms with Crippen LogP contribution in [0.4, 0.5) is 5.69 Å². The van der Waals surface area contributed by atoms with Crippen LogP contribution in [0.1, 0.15) is 32.6 Å². The average Bonchev–Trinajstić information content (AvgIpc) is 2.89. The Balaban J connectivity index is 0.00000261. The fourth-order valence-electron chi connectivity index (χ4n) is 3.34. The van der Waals surface area contributed by atoms with Crippen LogP contribution in [0.25, 0.3) is 11.1 Å². The van der Waals surface area contributed by atoms with Crippen LogP contribution in [-0.2, 0) is 11.3 Å². The number of piperidine rings is 1. The predicted molar refractivity (Wildman–Crippen MR) is 102 cm³/mol. The summed E-state index contributed by atoms with van der Waals surface area (Å²) in [7, 11) is 0. The molecule has 0 aliphatic carbocycles. The van der Waals surface area contributed by atoms with Crippen LogP contribution in [0.15, 0.2) is 27.4 Å². The van der Waals surface area contributed by atoms with E-state index in [1.165, 1.54) is 22.8 Å². The second-order valence-corrected chi connectivity index (χ2v) is 6.68. The van der Waals surface area contributed by atoms with E-state index in [-0.39, 0.29) is 35.6 Å². The van der Waals surface area contributed by atoms with Crippen molar-refractivity contribution in [1.29, 1.82) is 0 Å². The number of amides is 1. The maximum Gasteiger partial charge on any atom is 0.419 e. The molecule has 2 unspecified atom stereocenters. The van der Waals surface area contributed by atoms with Gasteiger partial charge >= 0.3 is 5.76 Å². The third-order valence-corrected chi connectivity index (χ3v) is 4.64. The molecule has 2 atom stereocenters. The van der Waals surface area contributed by atoms with Crippen molar-refractivity contribution in [3.8, 4) is 0 Å². The Hall–Kier alpha value is -2.39. The average molecular weight is 399 g/mol. The Kier molecular flexibility index (Phi) is 6.98. The van der Waals surface area contributed by atoms with Gasteiger partial charge in [-0.1, -0.05) is 0 Å². The zero-order valence-corrected chi connectivity index (χ0v) is 15.8. The molecule has 1 amide bonds. The molecule has 1 aromatic heterocycles.